The monoisotopic (exact) mass is 113 g/mol. The van der Waals surface area contributed by atoms with E-state index >= 15 is 0 Å². The highest BCUT2D eigenvalue weighted by molar-refractivity contribution is 5.88. The van der Waals surface area contributed by atoms with E-state index in [-0.39, 0.29) is 0 Å². The number of hydrogen-bond donors (Lipinski definition) is 1. The minimum absolute atomic E-state index is 0.847. The van der Waals surface area contributed by atoms with Crippen LogP contribution >= 0.6 is 0 Å². The molecule has 0 saturated carbocycles. The van der Waals surface area contributed by atoms with Crippen molar-refractivity contribution in [3.05, 3.63) is 0 Å². The summed E-state index contributed by atoms with van der Waals surface area (Å²) in [4.78, 5) is 5.49. The summed E-state index contributed by atoms with van der Waals surface area (Å²) in [6.07, 6.45) is 1.22. The third-order valence-corrected chi connectivity index (χ3v) is 1.03. The summed E-state index contributed by atoms with van der Waals surface area (Å²) in [5.41, 5.74) is 0. The fourth-order valence-electron chi connectivity index (χ4n) is 0.251. The molecule has 0 aliphatic rings. The molecule has 0 heterocycles. The Hall–Kier alpha value is -0.860. The van der Waals surface area contributed by atoms with Crippen LogP contribution in [0, 0.1) is 5.41 Å². The maximum Gasteiger partial charge on any atom is 0.100 e. The van der Waals surface area contributed by atoms with Crippen LogP contribution in [0.5, 0.6) is 0 Å². The predicted octanol–water partition coefficient (Wildman–Crippen LogP) is 0.573. The summed E-state index contributed by atoms with van der Waals surface area (Å²) in [5, 5.41) is 6.76. The van der Waals surface area contributed by atoms with Gasteiger partial charge in [-0.1, -0.05) is 0 Å². The van der Waals surface area contributed by atoms with Crippen molar-refractivity contribution < 1.29 is 0 Å². The highest BCUT2D eigenvalue weighted by atomic mass is 15.2. The second-order valence-corrected chi connectivity index (χ2v) is 1.51. The summed E-state index contributed by atoms with van der Waals surface area (Å²) >= 11 is 0. The summed E-state index contributed by atoms with van der Waals surface area (Å²) in [6, 6.07) is 0. The second-order valence-electron chi connectivity index (χ2n) is 1.51. The maximum absolute atomic E-state index is 6.76. The molecule has 8 heavy (non-hydrogen) atoms. The lowest BCUT2D eigenvalue weighted by Crippen LogP contribution is -2.21. The van der Waals surface area contributed by atoms with Gasteiger partial charge in [-0.2, -0.15) is 0 Å². The van der Waals surface area contributed by atoms with Gasteiger partial charge in [0.1, 0.15) is 5.84 Å². The van der Waals surface area contributed by atoms with Crippen molar-refractivity contribution in [1.82, 2.24) is 4.90 Å². The molecule has 3 nitrogen and oxygen atoms in total. The normalized spacial score (nSPS) is 11.1. The average Bonchev–Trinajstić information content (AvgIpc) is 1.84. The summed E-state index contributed by atoms with van der Waals surface area (Å²) in [5.74, 6) is 0.847. The minimum atomic E-state index is 0.847. The Kier molecular flexibility index (Phi) is 2.84. The van der Waals surface area contributed by atoms with Gasteiger partial charge < -0.3 is 4.90 Å². The van der Waals surface area contributed by atoms with Crippen molar-refractivity contribution in [2.75, 3.05) is 14.1 Å². The van der Waals surface area contributed by atoms with Crippen LogP contribution in [0.15, 0.2) is 4.99 Å². The highest BCUT2D eigenvalue weighted by Gasteiger charge is 1.89. The standard InChI is InChI=1S/C5H11N3/c1-5(7-2)8(3)4-6/h4,6H,1-3H3/b6-4?,7-5-. The fraction of sp³-hybridized carbons (Fsp3) is 0.600. The predicted molar refractivity (Wildman–Crippen MR) is 35.6 cm³/mol. The number of nitrogens with zero attached hydrogens (tertiary/aromatic N) is 2. The van der Waals surface area contributed by atoms with Gasteiger partial charge >= 0.3 is 0 Å². The van der Waals surface area contributed by atoms with Crippen LogP contribution in [0.3, 0.4) is 0 Å². The average molecular weight is 113 g/mol. The molecule has 0 radical (unpaired) electrons. The van der Waals surface area contributed by atoms with Gasteiger partial charge in [0.15, 0.2) is 0 Å². The first-order valence-corrected chi connectivity index (χ1v) is 2.39. The van der Waals surface area contributed by atoms with E-state index in [0.29, 0.717) is 0 Å². The summed E-state index contributed by atoms with van der Waals surface area (Å²) < 4.78 is 0. The Morgan fingerprint density at radius 3 is 2.38 bits per heavy atom. The number of hydrogen-bond acceptors (Lipinski definition) is 2. The molecule has 0 aromatic rings. The molecule has 1 N–H and O–H groups in total. The van der Waals surface area contributed by atoms with Crippen LogP contribution in [0.2, 0.25) is 0 Å². The third kappa shape index (κ3) is 1.73. The molecule has 0 rings (SSSR count). The van der Waals surface area contributed by atoms with Crippen molar-refractivity contribution in [3.8, 4) is 0 Å². The van der Waals surface area contributed by atoms with Crippen LogP contribution in [0.25, 0.3) is 0 Å². The molecule has 46 valence electrons. The van der Waals surface area contributed by atoms with Gasteiger partial charge in [-0.25, -0.2) is 0 Å². The van der Waals surface area contributed by atoms with Crippen LogP contribution < -0.4 is 0 Å². The molecule has 0 bridgehead atoms. The largest absolute Gasteiger partial charge is 0.325 e. The maximum atomic E-state index is 6.76. The molecule has 0 aliphatic carbocycles. The third-order valence-electron chi connectivity index (χ3n) is 1.03. The molecule has 0 fully saturated rings. The van der Waals surface area contributed by atoms with E-state index in [1.54, 1.807) is 19.0 Å². The molecule has 0 amide bonds. The molecule has 3 heteroatoms. The molecule has 0 saturated heterocycles. The zero-order chi connectivity index (χ0) is 6.57. The molecule has 0 atom stereocenters. The second kappa shape index (κ2) is 3.18. The topological polar surface area (TPSA) is 39.5 Å². The first-order valence-electron chi connectivity index (χ1n) is 2.39. The SMILES string of the molecule is C/N=C(/C)N(C)C=N. The lowest BCUT2D eigenvalue weighted by molar-refractivity contribution is 0.762. The van der Waals surface area contributed by atoms with Gasteiger partial charge in [0.25, 0.3) is 0 Å². The molecule has 0 aromatic carbocycles. The Balaban J connectivity index is 3.81. The molecule has 0 unspecified atom stereocenters. The number of rotatable bonds is 1. The minimum Gasteiger partial charge on any atom is -0.325 e. The molecule has 0 aromatic heterocycles. The van der Waals surface area contributed by atoms with Gasteiger partial charge in [-0.3, -0.25) is 10.4 Å². The van der Waals surface area contributed by atoms with Crippen molar-refractivity contribution in [3.63, 3.8) is 0 Å². The van der Waals surface area contributed by atoms with Gasteiger partial charge in [0, 0.05) is 14.1 Å². The summed E-state index contributed by atoms with van der Waals surface area (Å²) in [7, 11) is 3.49. The molecular formula is C5H11N3. The van der Waals surface area contributed by atoms with E-state index in [1.807, 2.05) is 6.92 Å². The Labute approximate surface area is 49.5 Å². The Morgan fingerprint density at radius 2 is 2.25 bits per heavy atom. The number of amidine groups is 1. The lowest BCUT2D eigenvalue weighted by Gasteiger charge is -2.08. The van der Waals surface area contributed by atoms with Crippen molar-refractivity contribution >= 4 is 12.2 Å². The van der Waals surface area contributed by atoms with Gasteiger partial charge in [0.2, 0.25) is 0 Å². The number of nitrogens with one attached hydrogen (secondary N) is 1. The Morgan fingerprint density at radius 1 is 1.75 bits per heavy atom. The van der Waals surface area contributed by atoms with Crippen molar-refractivity contribution in [1.29, 1.82) is 5.41 Å². The zero-order valence-corrected chi connectivity index (χ0v) is 5.47. The van der Waals surface area contributed by atoms with E-state index in [4.69, 9.17) is 5.41 Å². The van der Waals surface area contributed by atoms with E-state index in [2.05, 4.69) is 4.99 Å². The smallest absolute Gasteiger partial charge is 0.100 e. The quantitative estimate of drug-likeness (QED) is 0.392. The van der Waals surface area contributed by atoms with Gasteiger partial charge in [-0.05, 0) is 6.92 Å². The van der Waals surface area contributed by atoms with Gasteiger partial charge in [-0.15, -0.1) is 0 Å². The zero-order valence-electron chi connectivity index (χ0n) is 5.47. The van der Waals surface area contributed by atoms with E-state index < -0.39 is 0 Å². The van der Waals surface area contributed by atoms with E-state index in [1.165, 1.54) is 6.34 Å². The first-order chi connectivity index (χ1) is 3.72. The van der Waals surface area contributed by atoms with E-state index in [0.717, 1.165) is 5.84 Å². The summed E-state index contributed by atoms with van der Waals surface area (Å²) in [6.45, 7) is 1.85. The van der Waals surface area contributed by atoms with E-state index in [9.17, 15) is 0 Å². The Bertz CT molecular complexity index is 106. The van der Waals surface area contributed by atoms with Crippen LogP contribution in [-0.4, -0.2) is 31.2 Å². The first kappa shape index (κ1) is 7.14. The molecule has 0 spiro atoms. The highest BCUT2D eigenvalue weighted by Crippen LogP contribution is 1.78. The van der Waals surface area contributed by atoms with Crippen molar-refractivity contribution in [2.45, 2.75) is 6.92 Å². The number of aliphatic imine (C=N–C) groups is 1. The van der Waals surface area contributed by atoms with Crippen LogP contribution in [0.4, 0.5) is 0 Å². The molecular weight excluding hydrogens is 102 g/mol. The fourth-order valence-corrected chi connectivity index (χ4v) is 0.251. The lowest BCUT2D eigenvalue weighted by atomic mass is 10.6. The molecule has 0 aliphatic heterocycles. The van der Waals surface area contributed by atoms with Crippen molar-refractivity contribution in [2.24, 2.45) is 4.99 Å². The van der Waals surface area contributed by atoms with Crippen LogP contribution in [-0.2, 0) is 0 Å². The van der Waals surface area contributed by atoms with Gasteiger partial charge in [0.05, 0.1) is 6.34 Å². The van der Waals surface area contributed by atoms with Crippen LogP contribution in [0.1, 0.15) is 6.92 Å².